The molecule has 0 fully saturated rings. The summed E-state index contributed by atoms with van der Waals surface area (Å²) in [7, 11) is -3.73. The molecule has 0 spiro atoms. The van der Waals surface area contributed by atoms with E-state index >= 15 is 0 Å². The van der Waals surface area contributed by atoms with Crippen LogP contribution in [0.2, 0.25) is 0 Å². The third-order valence-electron chi connectivity index (χ3n) is 4.34. The van der Waals surface area contributed by atoms with Crippen molar-refractivity contribution in [3.05, 3.63) is 54.4 Å². The van der Waals surface area contributed by atoms with Crippen LogP contribution >= 0.6 is 0 Å². The zero-order chi connectivity index (χ0) is 19.7. The Morgan fingerprint density at radius 3 is 2.54 bits per heavy atom. The molecule has 1 atom stereocenters. The minimum atomic E-state index is -3.73. The highest BCUT2D eigenvalue weighted by atomic mass is 32.2. The first-order chi connectivity index (χ1) is 13.4. The minimum Gasteiger partial charge on any atom is -0.454 e. The van der Waals surface area contributed by atoms with Gasteiger partial charge >= 0.3 is 0 Å². The number of nitrogens with zero attached hydrogens (tertiary/aromatic N) is 2. The molecule has 8 nitrogen and oxygen atoms in total. The average molecular weight is 401 g/mol. The topological polar surface area (TPSA) is 104 Å². The Morgan fingerprint density at radius 2 is 1.79 bits per heavy atom. The van der Waals surface area contributed by atoms with Crippen LogP contribution in [0.3, 0.4) is 0 Å². The Hall–Kier alpha value is -2.91. The van der Waals surface area contributed by atoms with Crippen LogP contribution in [0.1, 0.15) is 25.8 Å². The predicted octanol–water partition coefficient (Wildman–Crippen LogP) is 3.14. The van der Waals surface area contributed by atoms with Gasteiger partial charge in [-0.15, -0.1) is 0 Å². The van der Waals surface area contributed by atoms with E-state index in [1.807, 2.05) is 13.8 Å². The lowest BCUT2D eigenvalue weighted by atomic mass is 10.1. The van der Waals surface area contributed by atoms with E-state index in [1.165, 1.54) is 12.1 Å². The van der Waals surface area contributed by atoms with Crippen LogP contribution in [0, 0.1) is 5.92 Å². The van der Waals surface area contributed by atoms with E-state index in [1.54, 1.807) is 36.4 Å². The Bertz CT molecular complexity index is 1080. The van der Waals surface area contributed by atoms with Crippen molar-refractivity contribution in [2.24, 2.45) is 5.92 Å². The quantitative estimate of drug-likeness (QED) is 0.677. The smallest absolute Gasteiger partial charge is 0.245 e. The van der Waals surface area contributed by atoms with Gasteiger partial charge in [-0.3, -0.25) is 0 Å². The molecule has 0 radical (unpaired) electrons. The molecule has 1 N–H and O–H groups in total. The molecule has 1 aromatic heterocycles. The number of sulfonamides is 1. The molecule has 1 aliphatic heterocycles. The molecule has 2 aromatic carbocycles. The maximum absolute atomic E-state index is 12.7. The molecule has 4 rings (SSSR count). The van der Waals surface area contributed by atoms with Gasteiger partial charge in [-0.2, -0.15) is 9.71 Å². The molecular formula is C19H19N3O5S. The van der Waals surface area contributed by atoms with Gasteiger partial charge in [0.1, 0.15) is 6.04 Å². The number of benzene rings is 2. The van der Waals surface area contributed by atoms with Crippen LogP contribution in [0.5, 0.6) is 11.5 Å². The van der Waals surface area contributed by atoms with Gasteiger partial charge in [0.15, 0.2) is 11.5 Å². The fourth-order valence-electron chi connectivity index (χ4n) is 2.82. The van der Waals surface area contributed by atoms with Gasteiger partial charge in [0.2, 0.25) is 28.5 Å². The summed E-state index contributed by atoms with van der Waals surface area (Å²) >= 11 is 0. The van der Waals surface area contributed by atoms with Crippen molar-refractivity contribution in [2.75, 3.05) is 6.79 Å². The van der Waals surface area contributed by atoms with Crippen molar-refractivity contribution < 1.29 is 22.4 Å². The van der Waals surface area contributed by atoms with Crippen LogP contribution < -0.4 is 14.2 Å². The highest BCUT2D eigenvalue weighted by molar-refractivity contribution is 7.89. The molecule has 9 heteroatoms. The van der Waals surface area contributed by atoms with Gasteiger partial charge in [-0.25, -0.2) is 8.42 Å². The van der Waals surface area contributed by atoms with Gasteiger partial charge < -0.3 is 14.0 Å². The molecule has 1 aliphatic rings. The maximum atomic E-state index is 12.7. The number of rotatable bonds is 6. The third-order valence-corrected chi connectivity index (χ3v) is 5.80. The van der Waals surface area contributed by atoms with E-state index in [4.69, 9.17) is 14.0 Å². The maximum Gasteiger partial charge on any atom is 0.245 e. The summed E-state index contributed by atoms with van der Waals surface area (Å²) in [4.78, 5) is 4.58. The number of hydrogen-bond acceptors (Lipinski definition) is 7. The first kappa shape index (κ1) is 18.5. The van der Waals surface area contributed by atoms with Crippen LogP contribution in [0.25, 0.3) is 11.4 Å². The zero-order valence-corrected chi connectivity index (χ0v) is 16.1. The van der Waals surface area contributed by atoms with Crippen molar-refractivity contribution >= 4 is 10.0 Å². The molecule has 0 aliphatic carbocycles. The number of hydrogen-bond donors (Lipinski definition) is 1. The summed E-state index contributed by atoms with van der Waals surface area (Å²) in [6, 6.07) is 12.8. The van der Waals surface area contributed by atoms with E-state index in [2.05, 4.69) is 14.9 Å². The Balaban J connectivity index is 1.61. The molecule has 0 saturated heterocycles. The molecule has 2 heterocycles. The molecular weight excluding hydrogens is 382 g/mol. The standard InChI is InChI=1S/C19H19N3O5S/c1-12(2)17(22-28(23,24)14-6-4-3-5-7-14)19-20-18(21-27-19)13-8-9-15-16(10-13)26-11-25-15/h3-10,12,17,22H,11H2,1-2H3. The number of ether oxygens (including phenoxy) is 2. The lowest BCUT2D eigenvalue weighted by Gasteiger charge is -2.18. The Morgan fingerprint density at radius 1 is 1.04 bits per heavy atom. The van der Waals surface area contributed by atoms with Crippen molar-refractivity contribution in [3.63, 3.8) is 0 Å². The summed E-state index contributed by atoms with van der Waals surface area (Å²) in [6.45, 7) is 3.93. The summed E-state index contributed by atoms with van der Waals surface area (Å²) in [5, 5.41) is 4.00. The molecule has 146 valence electrons. The Labute approximate surface area is 162 Å². The van der Waals surface area contributed by atoms with E-state index in [0.29, 0.717) is 22.9 Å². The highest BCUT2D eigenvalue weighted by Gasteiger charge is 2.29. The molecule has 0 amide bonds. The second-order valence-corrected chi connectivity index (χ2v) is 8.39. The van der Waals surface area contributed by atoms with Crippen molar-refractivity contribution in [1.29, 1.82) is 0 Å². The second-order valence-electron chi connectivity index (χ2n) is 6.68. The van der Waals surface area contributed by atoms with Crippen LogP contribution in [-0.4, -0.2) is 25.4 Å². The van der Waals surface area contributed by atoms with E-state index in [-0.39, 0.29) is 23.5 Å². The monoisotopic (exact) mass is 401 g/mol. The minimum absolute atomic E-state index is 0.108. The molecule has 1 unspecified atom stereocenters. The first-order valence-corrected chi connectivity index (χ1v) is 10.2. The van der Waals surface area contributed by atoms with E-state index in [9.17, 15) is 8.42 Å². The zero-order valence-electron chi connectivity index (χ0n) is 15.3. The van der Waals surface area contributed by atoms with Crippen LogP contribution in [-0.2, 0) is 10.0 Å². The highest BCUT2D eigenvalue weighted by Crippen LogP contribution is 2.35. The summed E-state index contributed by atoms with van der Waals surface area (Å²) in [5.41, 5.74) is 0.688. The molecule has 0 bridgehead atoms. The molecule has 3 aromatic rings. The van der Waals surface area contributed by atoms with Gasteiger partial charge in [-0.1, -0.05) is 37.2 Å². The van der Waals surface area contributed by atoms with Gasteiger partial charge in [-0.05, 0) is 36.2 Å². The Kier molecular flexibility index (Phi) is 4.78. The number of fused-ring (bicyclic) bond motifs is 1. The fraction of sp³-hybridized carbons (Fsp3) is 0.263. The SMILES string of the molecule is CC(C)C(NS(=O)(=O)c1ccccc1)c1nc(-c2ccc3c(c2)OCO3)no1. The molecule has 28 heavy (non-hydrogen) atoms. The summed E-state index contributed by atoms with van der Waals surface area (Å²) in [6.07, 6.45) is 0. The average Bonchev–Trinajstić information content (AvgIpc) is 3.35. The molecule has 0 saturated carbocycles. The van der Waals surface area contributed by atoms with Gasteiger partial charge in [0.05, 0.1) is 4.90 Å². The van der Waals surface area contributed by atoms with Gasteiger partial charge in [0.25, 0.3) is 0 Å². The predicted molar refractivity (Wildman–Crippen MR) is 100 cm³/mol. The van der Waals surface area contributed by atoms with Crippen LogP contribution in [0.15, 0.2) is 57.9 Å². The second kappa shape index (κ2) is 7.25. The van der Waals surface area contributed by atoms with Crippen LogP contribution in [0.4, 0.5) is 0 Å². The summed E-state index contributed by atoms with van der Waals surface area (Å²) < 4.78 is 44.1. The third kappa shape index (κ3) is 3.58. The lowest BCUT2D eigenvalue weighted by Crippen LogP contribution is -2.32. The lowest BCUT2D eigenvalue weighted by molar-refractivity contribution is 0.174. The van der Waals surface area contributed by atoms with E-state index < -0.39 is 16.1 Å². The largest absolute Gasteiger partial charge is 0.454 e. The normalized spacial score (nSPS) is 14.4. The van der Waals surface area contributed by atoms with Gasteiger partial charge in [0, 0.05) is 5.56 Å². The van der Waals surface area contributed by atoms with Crippen molar-refractivity contribution in [1.82, 2.24) is 14.9 Å². The van der Waals surface area contributed by atoms with Crippen molar-refractivity contribution in [2.45, 2.75) is 24.8 Å². The number of aromatic nitrogens is 2. The number of nitrogens with one attached hydrogen (secondary N) is 1. The summed E-state index contributed by atoms with van der Waals surface area (Å²) in [5.74, 6) is 1.70. The first-order valence-electron chi connectivity index (χ1n) is 8.75. The fourth-order valence-corrected chi connectivity index (χ4v) is 4.18. The van der Waals surface area contributed by atoms with Crippen molar-refractivity contribution in [3.8, 4) is 22.9 Å². The van der Waals surface area contributed by atoms with E-state index in [0.717, 1.165) is 0 Å².